The predicted octanol–water partition coefficient (Wildman–Crippen LogP) is 10.1. The van der Waals surface area contributed by atoms with Crippen LogP contribution in [0.25, 0.3) is 90.9 Å². The molecule has 0 saturated heterocycles. The second-order valence-corrected chi connectivity index (χ2v) is 14.0. The van der Waals surface area contributed by atoms with E-state index < -0.39 is 23.9 Å². The number of rotatable bonds is 8. The maximum Gasteiger partial charge on any atom is 2.00 e. The van der Waals surface area contributed by atoms with E-state index in [9.17, 15) is 39.6 Å². The van der Waals surface area contributed by atoms with Gasteiger partial charge in [0.2, 0.25) is 0 Å². The maximum atomic E-state index is 11.8. The third kappa shape index (κ3) is 7.46. The predicted molar refractivity (Wildman–Crippen MR) is 228 cm³/mol. The number of aromatic amines is 2. The molecule has 13 heteroatoms. The Morgan fingerprint density at radius 1 is 0.328 bits per heavy atom. The summed E-state index contributed by atoms with van der Waals surface area (Å²) in [5.41, 5.74) is 10.7. The molecule has 2 aliphatic heterocycles. The Labute approximate surface area is 358 Å². The van der Waals surface area contributed by atoms with Gasteiger partial charge in [-0.25, -0.2) is 29.1 Å². The first-order valence-electron chi connectivity index (χ1n) is 18.5. The Morgan fingerprint density at radius 3 is 0.705 bits per heavy atom. The number of benzene rings is 4. The van der Waals surface area contributed by atoms with Crippen LogP contribution in [0.4, 0.5) is 0 Å². The second-order valence-electron chi connectivity index (χ2n) is 14.0. The molecule has 0 spiro atoms. The van der Waals surface area contributed by atoms with Gasteiger partial charge in [-0.1, -0.05) is 48.5 Å². The van der Waals surface area contributed by atoms with Gasteiger partial charge in [-0.2, -0.15) is 0 Å². The molecule has 5 heterocycles. The largest absolute Gasteiger partial charge is 2.00 e. The number of carbonyl (C=O) groups is 4. The fourth-order valence-electron chi connectivity index (χ4n) is 7.54. The fraction of sp³-hybridized carbons (Fsp3) is 0. The summed E-state index contributed by atoms with van der Waals surface area (Å²) in [7, 11) is 0. The fourth-order valence-corrected chi connectivity index (χ4v) is 7.54. The van der Waals surface area contributed by atoms with Crippen LogP contribution in [0.2, 0.25) is 0 Å². The average Bonchev–Trinajstić information content (AvgIpc) is 4.10. The molecule has 0 radical (unpaired) electrons. The molecule has 0 aliphatic carbocycles. The third-order valence-electron chi connectivity index (χ3n) is 10.4. The van der Waals surface area contributed by atoms with Gasteiger partial charge in [0.15, 0.2) is 0 Å². The van der Waals surface area contributed by atoms with Gasteiger partial charge < -0.3 is 30.4 Å². The zero-order valence-corrected chi connectivity index (χ0v) is 34.8. The van der Waals surface area contributed by atoms with Crippen molar-refractivity contribution in [1.82, 2.24) is 19.9 Å². The van der Waals surface area contributed by atoms with Crippen LogP contribution >= 0.6 is 0 Å². The van der Waals surface area contributed by atoms with Crippen LogP contribution in [0.1, 0.15) is 64.2 Å². The van der Waals surface area contributed by atoms with Gasteiger partial charge in [0.25, 0.3) is 0 Å². The van der Waals surface area contributed by atoms with E-state index in [0.29, 0.717) is 89.4 Å². The molecule has 61 heavy (non-hydrogen) atoms. The molecule has 3 aromatic heterocycles. The quantitative estimate of drug-likeness (QED) is 0.0797. The standard InChI is InChI=1S/C48H30N4O8.Zn/c53-45(54)29-9-1-25(2-10-29)41-33-17-19-35(49-33)42(26-3-11-30(12-4-26)46(55)56)37-21-23-39(51-37)44(28-7-15-32(16-8-28)48(59)60)40-24-22-38(52-40)43(36-20-18-34(41)50-36)27-5-13-31(14-6-27)47(57)58;/h1-24,49,52H,(H,53,54)(H,55,56)(H,57,58)(H,59,60);/q;+2. The second kappa shape index (κ2) is 16.0. The number of carboxylic acids is 4. The first-order valence-corrected chi connectivity index (χ1v) is 18.5. The molecule has 2 aliphatic rings. The minimum atomic E-state index is -1.06. The summed E-state index contributed by atoms with van der Waals surface area (Å²) in [5.74, 6) is -4.25. The molecule has 290 valence electrons. The Bertz CT molecular complexity index is 2760. The summed E-state index contributed by atoms with van der Waals surface area (Å²) in [6.45, 7) is 0. The molecule has 12 nitrogen and oxygen atoms in total. The Hall–Kier alpha value is -8.02. The number of aromatic carboxylic acids is 4. The van der Waals surface area contributed by atoms with Crippen molar-refractivity contribution in [1.29, 1.82) is 0 Å². The van der Waals surface area contributed by atoms with Crippen molar-refractivity contribution in [3.05, 3.63) is 166 Å². The number of hydrogen-bond acceptors (Lipinski definition) is 6. The van der Waals surface area contributed by atoms with Gasteiger partial charge in [-0.05, 0) is 119 Å². The van der Waals surface area contributed by atoms with Crippen LogP contribution < -0.4 is 0 Å². The van der Waals surface area contributed by atoms with Crippen LogP contribution in [-0.2, 0) is 19.5 Å². The molecule has 4 aromatic carbocycles. The van der Waals surface area contributed by atoms with Crippen LogP contribution in [0, 0.1) is 0 Å². The molecular weight excluding hydrogens is 826 g/mol. The summed E-state index contributed by atoms with van der Waals surface area (Å²) >= 11 is 0. The van der Waals surface area contributed by atoms with Crippen molar-refractivity contribution in [2.24, 2.45) is 0 Å². The van der Waals surface area contributed by atoms with Gasteiger partial charge in [0.1, 0.15) is 0 Å². The topological polar surface area (TPSA) is 207 Å². The first kappa shape index (κ1) is 39.8. The summed E-state index contributed by atoms with van der Waals surface area (Å²) < 4.78 is 0. The number of fused-ring (bicyclic) bond motifs is 8. The average molecular weight is 856 g/mol. The van der Waals surface area contributed by atoms with Gasteiger partial charge in [-0.3, -0.25) is 0 Å². The number of nitrogens with zero attached hydrogens (tertiary/aromatic N) is 2. The minimum Gasteiger partial charge on any atom is -0.478 e. The molecule has 0 amide bonds. The zero-order valence-electron chi connectivity index (χ0n) is 31.9. The van der Waals surface area contributed by atoms with Crippen molar-refractivity contribution in [3.63, 3.8) is 0 Å². The van der Waals surface area contributed by atoms with Crippen LogP contribution in [0.5, 0.6) is 0 Å². The van der Waals surface area contributed by atoms with E-state index >= 15 is 0 Å². The van der Waals surface area contributed by atoms with Crippen LogP contribution in [0.15, 0.2) is 121 Å². The van der Waals surface area contributed by atoms with Gasteiger partial charge in [-0.15, -0.1) is 0 Å². The first-order chi connectivity index (χ1) is 29.0. The molecule has 6 N–H and O–H groups in total. The molecule has 0 fully saturated rings. The molecule has 9 rings (SSSR count). The number of aromatic nitrogens is 4. The summed E-state index contributed by atoms with van der Waals surface area (Å²) in [4.78, 5) is 64.8. The third-order valence-corrected chi connectivity index (χ3v) is 10.4. The summed E-state index contributed by atoms with van der Waals surface area (Å²) in [6, 6.07) is 33.6. The van der Waals surface area contributed by atoms with Crippen molar-refractivity contribution in [2.75, 3.05) is 0 Å². The molecule has 8 bridgehead atoms. The summed E-state index contributed by atoms with van der Waals surface area (Å²) in [5, 5.41) is 38.7. The van der Waals surface area contributed by atoms with Crippen molar-refractivity contribution >= 4 is 70.2 Å². The molecule has 0 atom stereocenters. The van der Waals surface area contributed by atoms with E-state index in [4.69, 9.17) is 9.97 Å². The van der Waals surface area contributed by atoms with Crippen molar-refractivity contribution in [3.8, 4) is 44.5 Å². The van der Waals surface area contributed by atoms with E-state index in [0.717, 1.165) is 0 Å². The van der Waals surface area contributed by atoms with Crippen molar-refractivity contribution in [2.45, 2.75) is 0 Å². The normalized spacial score (nSPS) is 11.5. The Morgan fingerprint density at radius 2 is 0.525 bits per heavy atom. The number of nitrogens with one attached hydrogen (secondary N) is 2. The smallest absolute Gasteiger partial charge is 0.478 e. The number of H-pyrrole nitrogens is 2. The Kier molecular flexibility index (Phi) is 10.4. The van der Waals surface area contributed by atoms with Gasteiger partial charge in [0, 0.05) is 44.3 Å². The van der Waals surface area contributed by atoms with E-state index in [-0.39, 0.29) is 41.7 Å². The van der Waals surface area contributed by atoms with Gasteiger partial charge in [0.05, 0.1) is 45.0 Å². The number of carboxylic acid groups (broad SMARTS) is 4. The maximum absolute atomic E-state index is 11.8. The molecule has 7 aromatic rings. The van der Waals surface area contributed by atoms with Gasteiger partial charge >= 0.3 is 43.4 Å². The SMILES string of the molecule is O=C(O)c1ccc(-c2c3nc(c(-c4ccc(C(=O)O)cc4)c4ccc([nH]4)c(-c4ccc(C(=O)O)cc4)c4nc(c(-c5ccc(C(=O)O)cc5)c5ccc2[nH]5)C=C4)C=C3)cc1.[Zn+2]. The van der Waals surface area contributed by atoms with E-state index in [2.05, 4.69) is 9.97 Å². The van der Waals surface area contributed by atoms with Crippen LogP contribution in [0.3, 0.4) is 0 Å². The Balaban J connectivity index is 0.00000514. The number of hydrogen-bond donors (Lipinski definition) is 6. The van der Waals surface area contributed by atoms with Crippen LogP contribution in [-0.4, -0.2) is 64.2 Å². The van der Waals surface area contributed by atoms with E-state index in [1.165, 1.54) is 48.5 Å². The summed E-state index contributed by atoms with van der Waals surface area (Å²) in [6.07, 6.45) is 7.47. The monoisotopic (exact) mass is 854 g/mol. The molecule has 0 saturated carbocycles. The molecular formula is C48H30N4O8Zn+2. The molecule has 0 unspecified atom stereocenters. The van der Waals surface area contributed by atoms with E-state index in [1.807, 2.05) is 48.6 Å². The van der Waals surface area contributed by atoms with E-state index in [1.54, 1.807) is 48.5 Å². The minimum absolute atomic E-state index is 0. The van der Waals surface area contributed by atoms with Crippen molar-refractivity contribution < 1.29 is 59.1 Å². The zero-order chi connectivity index (χ0) is 41.7.